The van der Waals surface area contributed by atoms with Crippen molar-refractivity contribution in [3.8, 4) is 0 Å². The number of benzene rings is 2. The molecule has 118 valence electrons. The molecule has 1 fully saturated rings. The summed E-state index contributed by atoms with van der Waals surface area (Å²) in [6, 6.07) is 13.1. The van der Waals surface area contributed by atoms with Gasteiger partial charge in [-0.2, -0.15) is 0 Å². The van der Waals surface area contributed by atoms with Crippen LogP contribution in [-0.4, -0.2) is 19.4 Å². The Labute approximate surface area is 154 Å². The van der Waals surface area contributed by atoms with Gasteiger partial charge in [-0.15, -0.1) is 0 Å². The Morgan fingerprint density at radius 3 is 1.43 bits per heavy atom. The molecule has 0 bridgehead atoms. The molecule has 3 nitrogen and oxygen atoms in total. The van der Waals surface area contributed by atoms with E-state index in [-0.39, 0.29) is 6.29 Å². The topological polar surface area (TPSA) is 18.8 Å². The molecule has 4 heteroatoms. The monoisotopic (exact) mass is 383 g/mol. The summed E-state index contributed by atoms with van der Waals surface area (Å²) in [5, 5.41) is 0. The van der Waals surface area contributed by atoms with Crippen LogP contribution < -0.4 is 9.80 Å². The number of hydrogen-bond acceptors (Lipinski definition) is 3. The second-order valence-corrected chi connectivity index (χ2v) is 6.98. The van der Waals surface area contributed by atoms with Crippen LogP contribution in [0, 0.1) is 27.7 Å². The Morgan fingerprint density at radius 2 is 1.13 bits per heavy atom. The van der Waals surface area contributed by atoms with Gasteiger partial charge in [-0.25, -0.2) is 0 Å². The fourth-order valence-electron chi connectivity index (χ4n) is 3.73. The fourth-order valence-corrected chi connectivity index (χ4v) is 4.41. The molecule has 1 saturated heterocycles. The Balaban J connectivity index is 2.04. The van der Waals surface area contributed by atoms with Crippen LogP contribution in [0.15, 0.2) is 39.3 Å². The number of anilines is 2. The molecule has 0 aromatic heterocycles. The summed E-state index contributed by atoms with van der Waals surface area (Å²) in [6.07, 6.45) is 0.104. The van der Waals surface area contributed by atoms with Gasteiger partial charge in [0.2, 0.25) is 0 Å². The van der Waals surface area contributed by atoms with Gasteiger partial charge in [-0.05, 0) is 0 Å². The third-order valence-electron chi connectivity index (χ3n) is 4.71. The molecule has 0 N–H and O–H groups in total. The zero-order chi connectivity index (χ0) is 16.6. The van der Waals surface area contributed by atoms with Crippen LogP contribution in [0.2, 0.25) is 0 Å². The van der Waals surface area contributed by atoms with Crippen molar-refractivity contribution in [1.82, 2.24) is 0 Å². The molecule has 2 aromatic rings. The summed E-state index contributed by atoms with van der Waals surface area (Å²) in [4.78, 5) is 4.93. The normalized spacial score (nSPS) is 15.3. The molecule has 0 radical (unpaired) electrons. The third-order valence-corrected chi connectivity index (χ3v) is 5.28. The molecule has 0 spiro atoms. The standard InChI is InChI=1S/C19H23N3.Zr/c1-13-7-5-8-14(2)17(13)21-11-12-22(19(21)20)18-15(3)9-6-10-16(18)4;/h5-10,19H,11-12H2,1-4H3;. The van der Waals surface area contributed by atoms with E-state index in [1.807, 2.05) is 0 Å². The van der Waals surface area contributed by atoms with Crippen LogP contribution in [-0.2, 0) is 24.6 Å². The molecular formula is C19H23N3Zr. The Bertz CT molecular complexity index is 641. The zero-order valence-electron chi connectivity index (χ0n) is 14.3. The average Bonchev–Trinajstić information content (AvgIpc) is 2.90. The van der Waals surface area contributed by atoms with Crippen LogP contribution in [0.1, 0.15) is 22.3 Å². The molecule has 2 aromatic carbocycles. The molecule has 23 heavy (non-hydrogen) atoms. The van der Waals surface area contributed by atoms with Crippen molar-refractivity contribution in [2.75, 3.05) is 22.9 Å². The molecule has 0 unspecified atom stereocenters. The van der Waals surface area contributed by atoms with E-state index in [9.17, 15) is 0 Å². The zero-order valence-corrected chi connectivity index (χ0v) is 16.8. The summed E-state index contributed by atoms with van der Waals surface area (Å²) in [5.74, 6) is 0. The van der Waals surface area contributed by atoms with Crippen molar-refractivity contribution < 1.29 is 24.6 Å². The first-order valence-corrected chi connectivity index (χ1v) is 9.17. The average molecular weight is 385 g/mol. The van der Waals surface area contributed by atoms with Crippen LogP contribution in [0.25, 0.3) is 0 Å². The van der Waals surface area contributed by atoms with Gasteiger partial charge < -0.3 is 0 Å². The van der Waals surface area contributed by atoms with Crippen LogP contribution in [0.5, 0.6) is 0 Å². The minimum absolute atomic E-state index is 0.104. The Kier molecular flexibility index (Phi) is 4.82. The molecule has 1 heterocycles. The molecule has 0 atom stereocenters. The van der Waals surface area contributed by atoms with Crippen molar-refractivity contribution in [3.05, 3.63) is 58.7 Å². The Morgan fingerprint density at radius 1 is 0.783 bits per heavy atom. The van der Waals surface area contributed by atoms with Crippen molar-refractivity contribution in [1.29, 1.82) is 0 Å². The third kappa shape index (κ3) is 2.94. The van der Waals surface area contributed by atoms with E-state index in [2.05, 4.69) is 73.9 Å². The van der Waals surface area contributed by atoms with E-state index < -0.39 is 0 Å². The first-order chi connectivity index (χ1) is 11.0. The molecule has 1 aliphatic heterocycles. The first kappa shape index (κ1) is 16.6. The van der Waals surface area contributed by atoms with E-state index in [1.165, 1.54) is 58.2 Å². The van der Waals surface area contributed by atoms with E-state index in [0.717, 1.165) is 13.1 Å². The molecular weight excluding hydrogens is 361 g/mol. The van der Waals surface area contributed by atoms with Crippen LogP contribution in [0.4, 0.5) is 11.4 Å². The van der Waals surface area contributed by atoms with Gasteiger partial charge in [0.15, 0.2) is 0 Å². The second-order valence-electron chi connectivity index (χ2n) is 6.34. The summed E-state index contributed by atoms with van der Waals surface area (Å²) in [6.45, 7) is 10.8. The number of para-hydroxylation sites is 2. The Hall–Kier alpha value is -1.28. The van der Waals surface area contributed by atoms with E-state index in [1.54, 1.807) is 0 Å². The van der Waals surface area contributed by atoms with E-state index >= 15 is 0 Å². The molecule has 0 saturated carbocycles. The number of nitrogens with zero attached hydrogens (tertiary/aromatic N) is 3. The predicted molar refractivity (Wildman–Crippen MR) is 92.7 cm³/mol. The van der Waals surface area contributed by atoms with Gasteiger partial charge in [0.1, 0.15) is 0 Å². The van der Waals surface area contributed by atoms with Crippen LogP contribution >= 0.6 is 0 Å². The summed E-state index contributed by atoms with van der Waals surface area (Å²) >= 11 is 1.23. The van der Waals surface area contributed by atoms with Crippen molar-refractivity contribution >= 4 is 11.4 Å². The first-order valence-electron chi connectivity index (χ1n) is 8.07. The summed E-state index contributed by atoms with van der Waals surface area (Å²) in [7, 11) is 0. The number of rotatable bonds is 3. The second kappa shape index (κ2) is 6.69. The van der Waals surface area contributed by atoms with E-state index in [4.69, 9.17) is 2.87 Å². The van der Waals surface area contributed by atoms with Gasteiger partial charge in [0.25, 0.3) is 0 Å². The quantitative estimate of drug-likeness (QED) is 0.787. The maximum absolute atomic E-state index is 4.81. The number of aryl methyl sites for hydroxylation is 4. The maximum atomic E-state index is 4.81. The molecule has 0 amide bonds. The fraction of sp³-hybridized carbons (Fsp3) is 0.368. The molecule has 1 aliphatic rings. The van der Waals surface area contributed by atoms with Crippen LogP contribution in [0.3, 0.4) is 0 Å². The van der Waals surface area contributed by atoms with Gasteiger partial charge in [0, 0.05) is 0 Å². The van der Waals surface area contributed by atoms with E-state index in [0.29, 0.717) is 0 Å². The van der Waals surface area contributed by atoms with Gasteiger partial charge in [-0.1, -0.05) is 0 Å². The molecule has 0 aliphatic carbocycles. The van der Waals surface area contributed by atoms with Gasteiger partial charge in [0.05, 0.1) is 0 Å². The minimum atomic E-state index is 0.104. The van der Waals surface area contributed by atoms with Crippen molar-refractivity contribution in [3.63, 3.8) is 0 Å². The predicted octanol–water partition coefficient (Wildman–Crippen LogP) is 4.26. The molecule has 3 rings (SSSR count). The van der Waals surface area contributed by atoms with Gasteiger partial charge in [-0.3, -0.25) is 0 Å². The van der Waals surface area contributed by atoms with Crippen molar-refractivity contribution in [2.45, 2.75) is 34.0 Å². The summed E-state index contributed by atoms with van der Waals surface area (Å²) < 4.78 is 4.81. The SMILES string of the molecule is Cc1cccc(C)c1N1CCN(c2c(C)cccc2C)C1[N]=[Zr]. The van der Waals surface area contributed by atoms with Crippen molar-refractivity contribution in [2.24, 2.45) is 2.87 Å². The number of hydrogen-bond donors (Lipinski definition) is 0. The summed E-state index contributed by atoms with van der Waals surface area (Å²) in [5.41, 5.74) is 8.01. The van der Waals surface area contributed by atoms with Gasteiger partial charge >= 0.3 is 154 Å².